The predicted octanol–water partition coefficient (Wildman–Crippen LogP) is 2.69. The van der Waals surface area contributed by atoms with Crippen molar-refractivity contribution in [2.24, 2.45) is 4.99 Å². The maximum absolute atomic E-state index is 5.60. The molecule has 0 radical (unpaired) electrons. The first-order valence-corrected chi connectivity index (χ1v) is 7.73. The molecule has 0 amide bonds. The Morgan fingerprint density at radius 3 is 2.54 bits per heavy atom. The number of aliphatic imine (C=N–C) groups is 1. The number of rotatable bonds is 6. The van der Waals surface area contributed by atoms with Gasteiger partial charge in [0, 0.05) is 31.1 Å². The molecule has 6 nitrogen and oxygen atoms in total. The average molecular weight is 327 g/mol. The van der Waals surface area contributed by atoms with Crippen LogP contribution < -0.4 is 14.2 Å². The molecule has 1 aromatic heterocycles. The summed E-state index contributed by atoms with van der Waals surface area (Å²) in [5, 5.41) is 0. The van der Waals surface area contributed by atoms with Gasteiger partial charge in [-0.2, -0.15) is 0 Å². The molecule has 1 aliphatic heterocycles. The van der Waals surface area contributed by atoms with Gasteiger partial charge in [0.05, 0.1) is 27.0 Å². The summed E-state index contributed by atoms with van der Waals surface area (Å²) >= 11 is 0. The minimum Gasteiger partial charge on any atom is -0.493 e. The number of hydrogen-bond acceptors (Lipinski definition) is 6. The lowest BCUT2D eigenvalue weighted by molar-refractivity contribution is 0.234. The third kappa shape index (κ3) is 3.05. The molecule has 0 aliphatic carbocycles. The number of benzene rings is 1. The van der Waals surface area contributed by atoms with E-state index in [1.54, 1.807) is 27.5 Å². The van der Waals surface area contributed by atoms with Gasteiger partial charge in [0.15, 0.2) is 11.5 Å². The molecule has 1 unspecified atom stereocenters. The van der Waals surface area contributed by atoms with Crippen molar-refractivity contribution >= 4 is 6.21 Å². The fourth-order valence-corrected chi connectivity index (χ4v) is 2.90. The van der Waals surface area contributed by atoms with Crippen LogP contribution in [0.15, 0.2) is 41.5 Å². The fourth-order valence-electron chi connectivity index (χ4n) is 2.90. The van der Waals surface area contributed by atoms with Crippen LogP contribution in [0.2, 0.25) is 0 Å². The first-order chi connectivity index (χ1) is 11.8. The Bertz CT molecular complexity index is 719. The van der Waals surface area contributed by atoms with E-state index in [9.17, 15) is 0 Å². The van der Waals surface area contributed by atoms with Crippen LogP contribution in [0.4, 0.5) is 0 Å². The molecule has 1 atom stereocenters. The lowest BCUT2D eigenvalue weighted by atomic mass is 10.1. The molecule has 1 aliphatic rings. The second-order valence-corrected chi connectivity index (χ2v) is 5.38. The molecule has 0 N–H and O–H groups in total. The Hall–Kier alpha value is -2.60. The summed E-state index contributed by atoms with van der Waals surface area (Å²) in [5.41, 5.74) is 1.95. The Labute approximate surface area is 141 Å². The van der Waals surface area contributed by atoms with Gasteiger partial charge >= 0.3 is 0 Å². The normalized spacial score (nSPS) is 17.0. The largest absolute Gasteiger partial charge is 0.493 e. The van der Waals surface area contributed by atoms with E-state index in [0.29, 0.717) is 23.8 Å². The summed E-state index contributed by atoms with van der Waals surface area (Å²) in [5.74, 6) is 1.86. The summed E-state index contributed by atoms with van der Waals surface area (Å²) in [6.07, 6.45) is 3.59. The van der Waals surface area contributed by atoms with Gasteiger partial charge in [0.25, 0.3) is 0 Å². The van der Waals surface area contributed by atoms with Gasteiger partial charge in [-0.1, -0.05) is 6.07 Å². The zero-order valence-electron chi connectivity index (χ0n) is 14.1. The molecule has 0 spiro atoms. The highest BCUT2D eigenvalue weighted by Crippen LogP contribution is 2.44. The lowest BCUT2D eigenvalue weighted by Crippen LogP contribution is -2.25. The van der Waals surface area contributed by atoms with Crippen molar-refractivity contribution in [3.63, 3.8) is 0 Å². The Balaban J connectivity index is 1.93. The number of hydrogen-bond donors (Lipinski definition) is 0. The second-order valence-electron chi connectivity index (χ2n) is 5.38. The number of nitrogens with zero attached hydrogens (tertiary/aromatic N) is 3. The molecular weight excluding hydrogens is 306 g/mol. The highest BCUT2D eigenvalue weighted by molar-refractivity contribution is 5.64. The van der Waals surface area contributed by atoms with Crippen LogP contribution in [-0.2, 0) is 6.54 Å². The molecule has 0 saturated carbocycles. The molecule has 24 heavy (non-hydrogen) atoms. The van der Waals surface area contributed by atoms with Gasteiger partial charge in [-0.15, -0.1) is 0 Å². The third-order valence-electron chi connectivity index (χ3n) is 4.01. The zero-order valence-corrected chi connectivity index (χ0v) is 14.1. The highest BCUT2D eigenvalue weighted by Gasteiger charge is 2.29. The third-order valence-corrected chi connectivity index (χ3v) is 4.01. The van der Waals surface area contributed by atoms with Gasteiger partial charge in [0.1, 0.15) is 6.17 Å². The van der Waals surface area contributed by atoms with Crippen LogP contribution in [0.5, 0.6) is 17.2 Å². The van der Waals surface area contributed by atoms with Crippen LogP contribution >= 0.6 is 0 Å². The van der Waals surface area contributed by atoms with Gasteiger partial charge in [0.2, 0.25) is 5.75 Å². The minimum atomic E-state index is -0.137. The summed E-state index contributed by atoms with van der Waals surface area (Å²) in [6.45, 7) is 1.47. The Kier molecular flexibility index (Phi) is 4.96. The van der Waals surface area contributed by atoms with Crippen LogP contribution in [0.1, 0.15) is 17.4 Å². The van der Waals surface area contributed by atoms with E-state index in [-0.39, 0.29) is 6.17 Å². The van der Waals surface area contributed by atoms with Crippen molar-refractivity contribution in [2.45, 2.75) is 12.7 Å². The van der Waals surface area contributed by atoms with Crippen molar-refractivity contribution in [3.8, 4) is 17.2 Å². The van der Waals surface area contributed by atoms with Gasteiger partial charge < -0.3 is 14.2 Å². The maximum atomic E-state index is 5.60. The zero-order chi connectivity index (χ0) is 16.9. The first-order valence-electron chi connectivity index (χ1n) is 7.73. The Morgan fingerprint density at radius 1 is 1.04 bits per heavy atom. The van der Waals surface area contributed by atoms with Crippen LogP contribution in [0.25, 0.3) is 0 Å². The van der Waals surface area contributed by atoms with Crippen LogP contribution in [-0.4, -0.2) is 44.0 Å². The van der Waals surface area contributed by atoms with Crippen molar-refractivity contribution < 1.29 is 14.2 Å². The molecule has 2 heterocycles. The van der Waals surface area contributed by atoms with Gasteiger partial charge in [-0.05, 0) is 24.3 Å². The first kappa shape index (κ1) is 16.3. The van der Waals surface area contributed by atoms with E-state index < -0.39 is 0 Å². The van der Waals surface area contributed by atoms with E-state index >= 15 is 0 Å². The highest BCUT2D eigenvalue weighted by atomic mass is 16.5. The quantitative estimate of drug-likeness (QED) is 0.816. The summed E-state index contributed by atoms with van der Waals surface area (Å²) < 4.78 is 16.4. The molecule has 6 heteroatoms. The number of pyridine rings is 1. The summed E-state index contributed by atoms with van der Waals surface area (Å²) in [7, 11) is 4.84. The lowest BCUT2D eigenvalue weighted by Gasteiger charge is -2.25. The Morgan fingerprint density at radius 2 is 1.88 bits per heavy atom. The molecule has 0 fully saturated rings. The monoisotopic (exact) mass is 327 g/mol. The maximum Gasteiger partial charge on any atom is 0.203 e. The SMILES string of the molecule is COc1ccc(C2N=CCN2Cc2ccccn2)c(OC)c1OC. The predicted molar refractivity (Wildman–Crippen MR) is 92.0 cm³/mol. The molecule has 126 valence electrons. The van der Waals surface area contributed by atoms with E-state index in [0.717, 1.165) is 17.8 Å². The topological polar surface area (TPSA) is 56.2 Å². The van der Waals surface area contributed by atoms with Crippen LogP contribution in [0.3, 0.4) is 0 Å². The van der Waals surface area contributed by atoms with Crippen molar-refractivity contribution in [1.29, 1.82) is 0 Å². The number of methoxy groups -OCH3 is 3. The molecule has 0 saturated heterocycles. The van der Waals surface area contributed by atoms with E-state index in [4.69, 9.17) is 14.2 Å². The summed E-state index contributed by atoms with van der Waals surface area (Å²) in [4.78, 5) is 11.2. The second kappa shape index (κ2) is 7.31. The summed E-state index contributed by atoms with van der Waals surface area (Å²) in [6, 6.07) is 9.77. The molecule has 0 bridgehead atoms. The average Bonchev–Trinajstić information content (AvgIpc) is 3.08. The number of ether oxygens (including phenoxy) is 3. The van der Waals surface area contributed by atoms with Gasteiger partial charge in [-0.3, -0.25) is 14.9 Å². The standard InChI is InChI=1S/C18H21N3O3/c1-22-15-8-7-14(16(23-2)17(15)24-3)18-20-10-11-21(18)12-13-6-4-5-9-19-13/h4-10,18H,11-12H2,1-3H3. The fraction of sp³-hybridized carbons (Fsp3) is 0.333. The van der Waals surface area contributed by atoms with Crippen LogP contribution in [0, 0.1) is 0 Å². The van der Waals surface area contributed by atoms with E-state index in [2.05, 4.69) is 14.9 Å². The van der Waals surface area contributed by atoms with E-state index in [1.165, 1.54) is 0 Å². The smallest absolute Gasteiger partial charge is 0.203 e. The van der Waals surface area contributed by atoms with Crippen molar-refractivity contribution in [1.82, 2.24) is 9.88 Å². The van der Waals surface area contributed by atoms with Crippen molar-refractivity contribution in [2.75, 3.05) is 27.9 Å². The van der Waals surface area contributed by atoms with Gasteiger partial charge in [-0.25, -0.2) is 0 Å². The number of aromatic nitrogens is 1. The minimum absolute atomic E-state index is 0.137. The molecule has 1 aromatic carbocycles. The molecule has 2 aromatic rings. The van der Waals surface area contributed by atoms with Crippen molar-refractivity contribution in [3.05, 3.63) is 47.8 Å². The molecular formula is C18H21N3O3. The van der Waals surface area contributed by atoms with E-state index in [1.807, 2.05) is 36.5 Å². The molecule has 3 rings (SSSR count).